The zero-order valence-corrected chi connectivity index (χ0v) is 29.2. The third-order valence-corrected chi connectivity index (χ3v) is 8.25. The van der Waals surface area contributed by atoms with Gasteiger partial charge in [0.05, 0.1) is 33.0 Å². The topological polar surface area (TPSA) is 66.4 Å². The second-order valence-corrected chi connectivity index (χ2v) is 11.9. The lowest BCUT2D eigenvalue weighted by atomic mass is 10.0. The third-order valence-electron chi connectivity index (χ3n) is 8.25. The maximum absolute atomic E-state index is 14.8. The van der Waals surface area contributed by atoms with Crippen molar-refractivity contribution in [3.05, 3.63) is 95.1 Å². The Morgan fingerprint density at radius 1 is 0.453 bits per heavy atom. The van der Waals surface area contributed by atoms with E-state index in [0.29, 0.717) is 52.1 Å². The molecule has 4 aromatic carbocycles. The van der Waals surface area contributed by atoms with Gasteiger partial charge in [0.25, 0.3) is 0 Å². The minimum Gasteiger partial charge on any atom is -0.505 e. The summed E-state index contributed by atoms with van der Waals surface area (Å²) in [5, 5.41) is 9.26. The smallest absolute Gasteiger partial charge is 0.201 e. The van der Waals surface area contributed by atoms with Crippen LogP contribution >= 0.6 is 0 Å². The molecule has 0 aliphatic heterocycles. The number of halogens is 8. The van der Waals surface area contributed by atoms with E-state index in [9.17, 15) is 40.2 Å². The Hall–Kier alpha value is -4.56. The summed E-state index contributed by atoms with van der Waals surface area (Å²) in [5.74, 6) is -13.0. The number of phenols is 1. The average molecular weight is 757 g/mol. The van der Waals surface area contributed by atoms with Crippen LogP contribution in [0.3, 0.4) is 0 Å². The molecule has 0 aliphatic rings. The molecule has 0 fully saturated rings. The van der Waals surface area contributed by atoms with Crippen LogP contribution in [0.25, 0.3) is 22.3 Å². The number of phenolic OH excluding ortho intramolecular Hbond substituents is 1. The minimum atomic E-state index is -1.56. The van der Waals surface area contributed by atoms with Crippen molar-refractivity contribution in [2.24, 2.45) is 5.92 Å². The second kappa shape index (κ2) is 20.0. The Labute approximate surface area is 302 Å². The van der Waals surface area contributed by atoms with E-state index in [0.717, 1.165) is 55.0 Å². The number of hydrogen-bond donors (Lipinski definition) is 1. The Kier molecular flexibility index (Phi) is 15.6. The molecule has 0 aromatic heterocycles. The van der Waals surface area contributed by atoms with E-state index in [1.54, 1.807) is 6.92 Å². The summed E-state index contributed by atoms with van der Waals surface area (Å²) in [6, 6.07) is 8.52. The first-order chi connectivity index (χ1) is 25.5. The molecular weight excluding hydrogens is 716 g/mol. The SMILES string of the molecule is CCOc1ccc(-c2ccc(OCCCCOCC(CC)COCCCCOc3ccc(-c4ccc(O)c(F)c4F)c(F)c3F)c(F)c2F)c(F)c1F. The van der Waals surface area contributed by atoms with Gasteiger partial charge in [0, 0.05) is 41.4 Å². The molecule has 0 bridgehead atoms. The van der Waals surface area contributed by atoms with Crippen LogP contribution in [0, 0.1) is 52.5 Å². The first-order valence-electron chi connectivity index (χ1n) is 17.2. The maximum Gasteiger partial charge on any atom is 0.201 e. The Bertz CT molecular complexity index is 1820. The summed E-state index contributed by atoms with van der Waals surface area (Å²) >= 11 is 0. The quantitative estimate of drug-likeness (QED) is 0.0675. The molecule has 1 unspecified atom stereocenters. The van der Waals surface area contributed by atoms with Crippen molar-refractivity contribution in [1.29, 1.82) is 0 Å². The summed E-state index contributed by atoms with van der Waals surface area (Å²) in [4.78, 5) is 0. The largest absolute Gasteiger partial charge is 0.505 e. The Morgan fingerprint density at radius 2 is 0.811 bits per heavy atom. The van der Waals surface area contributed by atoms with E-state index in [1.165, 1.54) is 0 Å². The van der Waals surface area contributed by atoms with Gasteiger partial charge in [-0.2, -0.15) is 17.6 Å². The van der Waals surface area contributed by atoms with Crippen LogP contribution in [0.5, 0.6) is 23.0 Å². The van der Waals surface area contributed by atoms with Gasteiger partial charge in [-0.25, -0.2) is 17.6 Å². The highest BCUT2D eigenvalue weighted by Gasteiger charge is 2.23. The molecule has 0 aliphatic carbocycles. The number of rotatable bonds is 21. The van der Waals surface area contributed by atoms with Gasteiger partial charge in [-0.05, 0) is 87.6 Å². The van der Waals surface area contributed by atoms with Crippen molar-refractivity contribution in [2.75, 3.05) is 46.2 Å². The predicted octanol–water partition coefficient (Wildman–Crippen LogP) is 10.3. The summed E-state index contributed by atoms with van der Waals surface area (Å²) in [5.41, 5.74) is -1.95. The van der Waals surface area contributed by atoms with E-state index < -0.39 is 74.5 Å². The van der Waals surface area contributed by atoms with Crippen molar-refractivity contribution in [3.8, 4) is 45.3 Å². The van der Waals surface area contributed by atoms with Crippen LogP contribution in [0.1, 0.15) is 46.0 Å². The van der Waals surface area contributed by atoms with Gasteiger partial charge in [-0.1, -0.05) is 6.92 Å². The van der Waals surface area contributed by atoms with Gasteiger partial charge < -0.3 is 28.8 Å². The third kappa shape index (κ3) is 10.5. The lowest BCUT2D eigenvalue weighted by Crippen LogP contribution is -2.17. The van der Waals surface area contributed by atoms with E-state index in [-0.39, 0.29) is 43.0 Å². The fraction of sp³-hybridized carbons (Fsp3) is 0.385. The van der Waals surface area contributed by atoms with Crippen molar-refractivity contribution in [2.45, 2.75) is 46.0 Å². The van der Waals surface area contributed by atoms with Gasteiger partial charge >= 0.3 is 0 Å². The van der Waals surface area contributed by atoms with Gasteiger partial charge in [0.1, 0.15) is 0 Å². The monoisotopic (exact) mass is 756 g/mol. The average Bonchev–Trinajstić information content (AvgIpc) is 3.15. The number of aromatic hydroxyl groups is 1. The minimum absolute atomic E-state index is 0.0587. The summed E-state index contributed by atoms with van der Waals surface area (Å²) < 4.78 is 142. The molecule has 288 valence electrons. The molecule has 0 spiro atoms. The van der Waals surface area contributed by atoms with E-state index in [2.05, 4.69) is 0 Å². The molecule has 4 rings (SSSR count). The fourth-order valence-corrected chi connectivity index (χ4v) is 5.22. The highest BCUT2D eigenvalue weighted by Crippen LogP contribution is 2.36. The summed E-state index contributed by atoms with van der Waals surface area (Å²) in [6.07, 6.45) is 2.89. The highest BCUT2D eigenvalue weighted by molar-refractivity contribution is 5.68. The van der Waals surface area contributed by atoms with E-state index in [1.807, 2.05) is 6.92 Å². The summed E-state index contributed by atoms with van der Waals surface area (Å²) in [6.45, 7) is 5.48. The Balaban J connectivity index is 1.09. The zero-order valence-electron chi connectivity index (χ0n) is 29.2. The van der Waals surface area contributed by atoms with E-state index >= 15 is 0 Å². The molecular formula is C39H40F8O6. The summed E-state index contributed by atoms with van der Waals surface area (Å²) in [7, 11) is 0. The lowest BCUT2D eigenvalue weighted by Gasteiger charge is -2.16. The maximum atomic E-state index is 14.8. The first kappa shape index (κ1) is 41.2. The van der Waals surface area contributed by atoms with Gasteiger partial charge in [0.2, 0.25) is 23.3 Å². The van der Waals surface area contributed by atoms with Gasteiger partial charge in [0.15, 0.2) is 46.3 Å². The van der Waals surface area contributed by atoms with E-state index in [4.69, 9.17) is 23.7 Å². The van der Waals surface area contributed by atoms with Crippen LogP contribution < -0.4 is 14.2 Å². The molecule has 0 radical (unpaired) electrons. The standard InChI is InChI=1S/C39H40F8O6/c1-3-23(21-49-17-5-7-19-52-30-15-11-25(34(42)38(30)46)24-9-13-28(48)36(44)32(24)40)22-50-18-6-8-20-53-31-16-12-27(35(43)39(31)47)26-10-14-29(51-4-2)37(45)33(26)41/h9-16,23,48H,3-8,17-22H2,1-2H3. The zero-order chi connectivity index (χ0) is 38.5. The van der Waals surface area contributed by atoms with Crippen molar-refractivity contribution < 1.29 is 63.9 Å². The molecule has 0 saturated heterocycles. The predicted molar refractivity (Wildman–Crippen MR) is 181 cm³/mol. The number of benzene rings is 4. The molecule has 0 amide bonds. The van der Waals surface area contributed by atoms with Crippen molar-refractivity contribution >= 4 is 0 Å². The number of ether oxygens (including phenoxy) is 5. The Morgan fingerprint density at radius 3 is 1.21 bits per heavy atom. The molecule has 53 heavy (non-hydrogen) atoms. The van der Waals surface area contributed by atoms with Crippen LogP contribution in [0.15, 0.2) is 48.5 Å². The fourth-order valence-electron chi connectivity index (χ4n) is 5.22. The lowest BCUT2D eigenvalue weighted by molar-refractivity contribution is 0.0342. The molecule has 0 saturated carbocycles. The molecule has 1 atom stereocenters. The van der Waals surface area contributed by atoms with Gasteiger partial charge in [-0.15, -0.1) is 0 Å². The van der Waals surface area contributed by atoms with Crippen LogP contribution in [-0.2, 0) is 9.47 Å². The first-order valence-corrected chi connectivity index (χ1v) is 17.2. The van der Waals surface area contributed by atoms with Crippen LogP contribution in [-0.4, -0.2) is 51.4 Å². The molecule has 14 heteroatoms. The number of unbranched alkanes of at least 4 members (excludes halogenated alkanes) is 2. The van der Waals surface area contributed by atoms with Crippen LogP contribution in [0.4, 0.5) is 35.1 Å². The molecule has 1 N–H and O–H groups in total. The van der Waals surface area contributed by atoms with Gasteiger partial charge in [-0.3, -0.25) is 0 Å². The number of hydrogen-bond acceptors (Lipinski definition) is 6. The highest BCUT2D eigenvalue weighted by atomic mass is 19.2. The van der Waals surface area contributed by atoms with Crippen LogP contribution in [0.2, 0.25) is 0 Å². The van der Waals surface area contributed by atoms with Crippen molar-refractivity contribution in [1.82, 2.24) is 0 Å². The second-order valence-electron chi connectivity index (χ2n) is 11.9. The molecule has 6 nitrogen and oxygen atoms in total. The van der Waals surface area contributed by atoms with Crippen molar-refractivity contribution in [3.63, 3.8) is 0 Å². The molecule has 0 heterocycles. The molecule has 4 aromatic rings. The normalized spacial score (nSPS) is 11.9.